The third-order valence-corrected chi connectivity index (χ3v) is 4.10. The van der Waals surface area contributed by atoms with Crippen LogP contribution in [0.25, 0.3) is 6.08 Å². The van der Waals surface area contributed by atoms with Gasteiger partial charge in [0.25, 0.3) is 5.91 Å². The molecule has 2 aliphatic heterocycles. The summed E-state index contributed by atoms with van der Waals surface area (Å²) in [7, 11) is 0. The van der Waals surface area contributed by atoms with E-state index in [-0.39, 0.29) is 12.1 Å². The van der Waals surface area contributed by atoms with Crippen molar-refractivity contribution in [2.45, 2.75) is 13.1 Å². The van der Waals surface area contributed by atoms with E-state index < -0.39 is 0 Å². The number of benzene rings is 2. The number of carbonyl (C=O) groups excluding carboxylic acids is 1. The van der Waals surface area contributed by atoms with E-state index in [1.54, 1.807) is 0 Å². The second-order valence-electron chi connectivity index (χ2n) is 5.59. The Morgan fingerprint density at radius 2 is 1.95 bits per heavy atom. The van der Waals surface area contributed by atoms with Gasteiger partial charge in [0.15, 0.2) is 0 Å². The lowest BCUT2D eigenvalue weighted by atomic mass is 10.00. The monoisotopic (exact) mass is 292 g/mol. The van der Waals surface area contributed by atoms with E-state index in [0.29, 0.717) is 6.61 Å². The highest BCUT2D eigenvalue weighted by atomic mass is 16.5. The molecule has 0 fully saturated rings. The fraction of sp³-hybridized carbons (Fsp3) is 0.167. The molecular formula is C18H16N2O2. The Balaban J connectivity index is 1.69. The molecule has 1 unspecified atom stereocenters. The minimum atomic E-state index is -0.241. The molecule has 0 saturated carbocycles. The molecule has 0 saturated heterocycles. The first-order valence-corrected chi connectivity index (χ1v) is 7.32. The lowest BCUT2D eigenvalue weighted by molar-refractivity contribution is 0.0939. The first-order chi connectivity index (χ1) is 10.7. The highest BCUT2D eigenvalue weighted by molar-refractivity contribution is 6.03. The van der Waals surface area contributed by atoms with Crippen molar-refractivity contribution in [3.8, 4) is 5.75 Å². The van der Waals surface area contributed by atoms with Crippen LogP contribution in [0.15, 0.2) is 48.0 Å². The lowest BCUT2D eigenvalue weighted by Crippen LogP contribution is -2.47. The van der Waals surface area contributed by atoms with Gasteiger partial charge in [0.2, 0.25) is 0 Å². The highest BCUT2D eigenvalue weighted by Gasteiger charge is 2.28. The molecule has 0 aromatic heterocycles. The summed E-state index contributed by atoms with van der Waals surface area (Å²) in [5.74, 6) is 0.834. The van der Waals surface area contributed by atoms with E-state index in [9.17, 15) is 4.79 Å². The molecule has 110 valence electrons. The molecule has 1 amide bonds. The first-order valence-electron chi connectivity index (χ1n) is 7.32. The Morgan fingerprint density at radius 1 is 1.09 bits per heavy atom. The Labute approximate surface area is 128 Å². The number of amides is 1. The molecule has 2 aromatic rings. The number of para-hydroxylation sites is 1. The van der Waals surface area contributed by atoms with E-state index >= 15 is 0 Å². The molecule has 0 bridgehead atoms. The first kappa shape index (κ1) is 13.0. The van der Waals surface area contributed by atoms with Gasteiger partial charge in [0, 0.05) is 16.8 Å². The smallest absolute Gasteiger partial charge is 0.255 e. The molecule has 22 heavy (non-hydrogen) atoms. The van der Waals surface area contributed by atoms with Crippen LogP contribution in [0.3, 0.4) is 0 Å². The molecule has 4 rings (SSSR count). The number of hydrogen-bond donors (Lipinski definition) is 2. The van der Waals surface area contributed by atoms with Crippen LogP contribution in [-0.4, -0.2) is 18.7 Å². The fourth-order valence-corrected chi connectivity index (χ4v) is 2.97. The second kappa shape index (κ2) is 4.91. The SMILES string of the molecule is Cc1cccc2c1C(=O)NC(C1=Cc3ccccc3OC1)N2. The Morgan fingerprint density at radius 3 is 2.86 bits per heavy atom. The van der Waals surface area contributed by atoms with Crippen molar-refractivity contribution in [3.05, 3.63) is 64.7 Å². The zero-order chi connectivity index (χ0) is 15.1. The minimum Gasteiger partial charge on any atom is -0.488 e. The Hall–Kier alpha value is -2.75. The lowest BCUT2D eigenvalue weighted by Gasteiger charge is -2.32. The number of carbonyl (C=O) groups is 1. The van der Waals surface area contributed by atoms with E-state index in [1.807, 2.05) is 49.4 Å². The Bertz CT molecular complexity index is 795. The number of nitrogens with one attached hydrogen (secondary N) is 2. The van der Waals surface area contributed by atoms with Crippen LogP contribution in [0.2, 0.25) is 0 Å². The molecular weight excluding hydrogens is 276 g/mol. The van der Waals surface area contributed by atoms with Gasteiger partial charge in [0.05, 0.1) is 5.56 Å². The summed E-state index contributed by atoms with van der Waals surface area (Å²) in [6.45, 7) is 2.41. The van der Waals surface area contributed by atoms with Gasteiger partial charge in [-0.05, 0) is 30.7 Å². The average Bonchev–Trinajstić information content (AvgIpc) is 2.54. The van der Waals surface area contributed by atoms with Gasteiger partial charge in [-0.25, -0.2) is 0 Å². The van der Waals surface area contributed by atoms with Crippen LogP contribution in [0.4, 0.5) is 5.69 Å². The largest absolute Gasteiger partial charge is 0.488 e. The highest BCUT2D eigenvalue weighted by Crippen LogP contribution is 2.30. The minimum absolute atomic E-state index is 0.0448. The zero-order valence-corrected chi connectivity index (χ0v) is 12.2. The van der Waals surface area contributed by atoms with E-state index in [1.165, 1.54) is 0 Å². The van der Waals surface area contributed by atoms with E-state index in [0.717, 1.165) is 33.7 Å². The molecule has 0 radical (unpaired) electrons. The predicted octanol–water partition coefficient (Wildman–Crippen LogP) is 2.95. The maximum Gasteiger partial charge on any atom is 0.255 e. The van der Waals surface area contributed by atoms with Crippen LogP contribution < -0.4 is 15.4 Å². The molecule has 0 aliphatic carbocycles. The number of anilines is 1. The van der Waals surface area contributed by atoms with Crippen molar-refractivity contribution in [1.82, 2.24) is 5.32 Å². The van der Waals surface area contributed by atoms with Crippen molar-refractivity contribution in [2.75, 3.05) is 11.9 Å². The normalized spacial score (nSPS) is 19.0. The summed E-state index contributed by atoms with van der Waals surface area (Å²) in [6.07, 6.45) is 1.84. The van der Waals surface area contributed by atoms with Gasteiger partial charge >= 0.3 is 0 Å². The molecule has 4 heteroatoms. The van der Waals surface area contributed by atoms with Gasteiger partial charge < -0.3 is 15.4 Å². The third kappa shape index (κ3) is 2.04. The molecule has 2 aliphatic rings. The van der Waals surface area contributed by atoms with Crippen molar-refractivity contribution in [1.29, 1.82) is 0 Å². The summed E-state index contributed by atoms with van der Waals surface area (Å²) in [5.41, 5.74) is 4.61. The predicted molar refractivity (Wildman–Crippen MR) is 86.0 cm³/mol. The van der Waals surface area contributed by atoms with E-state index in [2.05, 4.69) is 16.7 Å². The number of hydrogen-bond acceptors (Lipinski definition) is 3. The molecule has 2 heterocycles. The topological polar surface area (TPSA) is 50.4 Å². The van der Waals surface area contributed by atoms with Gasteiger partial charge in [-0.1, -0.05) is 30.3 Å². The number of fused-ring (bicyclic) bond motifs is 2. The summed E-state index contributed by atoms with van der Waals surface area (Å²) in [4.78, 5) is 12.4. The molecule has 0 spiro atoms. The fourth-order valence-electron chi connectivity index (χ4n) is 2.97. The third-order valence-electron chi connectivity index (χ3n) is 4.10. The van der Waals surface area contributed by atoms with Gasteiger partial charge in [-0.3, -0.25) is 4.79 Å². The van der Waals surface area contributed by atoms with Crippen molar-refractivity contribution in [2.24, 2.45) is 0 Å². The number of ether oxygens (including phenoxy) is 1. The van der Waals surface area contributed by atoms with Crippen LogP contribution in [0.5, 0.6) is 5.75 Å². The second-order valence-corrected chi connectivity index (χ2v) is 5.59. The maximum absolute atomic E-state index is 12.4. The Kier molecular flexibility index (Phi) is 2.89. The zero-order valence-electron chi connectivity index (χ0n) is 12.2. The maximum atomic E-state index is 12.4. The van der Waals surface area contributed by atoms with Crippen molar-refractivity contribution >= 4 is 17.7 Å². The van der Waals surface area contributed by atoms with Crippen LogP contribution in [0.1, 0.15) is 21.5 Å². The van der Waals surface area contributed by atoms with Crippen LogP contribution >= 0.6 is 0 Å². The molecule has 2 aromatic carbocycles. The average molecular weight is 292 g/mol. The van der Waals surface area contributed by atoms with Gasteiger partial charge in [0.1, 0.15) is 18.5 Å². The molecule has 1 atom stereocenters. The number of aryl methyl sites for hydroxylation is 1. The molecule has 4 nitrogen and oxygen atoms in total. The quantitative estimate of drug-likeness (QED) is 0.849. The van der Waals surface area contributed by atoms with Crippen molar-refractivity contribution < 1.29 is 9.53 Å². The van der Waals surface area contributed by atoms with Crippen LogP contribution in [-0.2, 0) is 0 Å². The number of rotatable bonds is 1. The van der Waals surface area contributed by atoms with Gasteiger partial charge in [-0.2, -0.15) is 0 Å². The van der Waals surface area contributed by atoms with E-state index in [4.69, 9.17) is 4.74 Å². The summed E-state index contributed by atoms with van der Waals surface area (Å²) < 4.78 is 5.78. The molecule has 2 N–H and O–H groups in total. The standard InChI is InChI=1S/C18H16N2O2/c1-11-5-4-7-14-16(11)18(21)20-17(19-14)13-9-12-6-2-3-8-15(12)22-10-13/h2-9,17,19H,10H2,1H3,(H,20,21). The summed E-state index contributed by atoms with van der Waals surface area (Å²) in [6, 6.07) is 13.7. The van der Waals surface area contributed by atoms with Crippen LogP contribution in [0, 0.1) is 6.92 Å². The summed E-state index contributed by atoms with van der Waals surface area (Å²) >= 11 is 0. The van der Waals surface area contributed by atoms with Gasteiger partial charge in [-0.15, -0.1) is 0 Å². The van der Waals surface area contributed by atoms with Crippen molar-refractivity contribution in [3.63, 3.8) is 0 Å². The summed E-state index contributed by atoms with van der Waals surface area (Å²) in [5, 5.41) is 6.40.